The zero-order valence-electron chi connectivity index (χ0n) is 15.8. The highest BCUT2D eigenvalue weighted by molar-refractivity contribution is 6.02. The molecule has 1 saturated heterocycles. The van der Waals surface area contributed by atoms with Crippen LogP contribution in [0.25, 0.3) is 6.08 Å². The van der Waals surface area contributed by atoms with Crippen LogP contribution in [-0.2, 0) is 10.2 Å². The van der Waals surface area contributed by atoms with Crippen molar-refractivity contribution in [2.45, 2.75) is 30.7 Å². The van der Waals surface area contributed by atoms with E-state index in [4.69, 9.17) is 4.74 Å². The molecule has 0 aromatic heterocycles. The summed E-state index contributed by atoms with van der Waals surface area (Å²) >= 11 is 0. The summed E-state index contributed by atoms with van der Waals surface area (Å²) in [5, 5.41) is 9.93. The molecular weight excluding hydrogens is 338 g/mol. The number of carbonyl (C=O) groups is 1. The number of hydrogen-bond acceptors (Lipinski definition) is 4. The number of Topliss-reactive ketones (excluding diaryl/α,β-unsaturated/α-hetero) is 1. The van der Waals surface area contributed by atoms with Gasteiger partial charge in [-0.05, 0) is 67.9 Å². The van der Waals surface area contributed by atoms with Gasteiger partial charge in [0, 0.05) is 23.5 Å². The third-order valence-corrected chi connectivity index (χ3v) is 6.11. The second-order valence-electron chi connectivity index (χ2n) is 7.76. The molecule has 1 saturated carbocycles. The number of benzene rings is 2. The maximum absolute atomic E-state index is 13.2. The van der Waals surface area contributed by atoms with Crippen LogP contribution in [0.4, 0.5) is 0 Å². The van der Waals surface area contributed by atoms with Crippen molar-refractivity contribution in [1.29, 1.82) is 0 Å². The van der Waals surface area contributed by atoms with E-state index < -0.39 is 0 Å². The Labute approximate surface area is 160 Å². The first-order chi connectivity index (χ1) is 13.0. The van der Waals surface area contributed by atoms with Crippen LogP contribution >= 0.6 is 0 Å². The van der Waals surface area contributed by atoms with E-state index in [9.17, 15) is 9.90 Å². The van der Waals surface area contributed by atoms with Crippen molar-refractivity contribution >= 4 is 11.9 Å². The number of aromatic hydroxyl groups is 1. The fourth-order valence-corrected chi connectivity index (χ4v) is 4.56. The average Bonchev–Trinajstić information content (AvgIpc) is 2.68. The molecule has 2 aromatic carbocycles. The Bertz CT molecular complexity index is 904. The molecule has 2 aliphatic rings. The highest BCUT2D eigenvalue weighted by Crippen LogP contribution is 2.48. The summed E-state index contributed by atoms with van der Waals surface area (Å²) in [6.45, 7) is 0.934. The number of hydrogen-bond donors (Lipinski definition) is 1. The Morgan fingerprint density at radius 1 is 1.22 bits per heavy atom. The van der Waals surface area contributed by atoms with Gasteiger partial charge in [0.2, 0.25) is 0 Å². The molecule has 0 unspecified atom stereocenters. The molecule has 2 aromatic rings. The third kappa shape index (κ3) is 3.26. The first-order valence-electron chi connectivity index (χ1n) is 9.39. The highest BCUT2D eigenvalue weighted by Gasteiger charge is 2.48. The number of phenols is 1. The van der Waals surface area contributed by atoms with Crippen molar-refractivity contribution < 1.29 is 14.6 Å². The molecule has 0 radical (unpaired) electrons. The van der Waals surface area contributed by atoms with Crippen LogP contribution < -0.4 is 4.74 Å². The number of piperidine rings is 1. The van der Waals surface area contributed by atoms with Gasteiger partial charge in [0.25, 0.3) is 0 Å². The van der Waals surface area contributed by atoms with E-state index in [2.05, 4.69) is 11.9 Å². The molecule has 1 N–H and O–H groups in total. The molecular formula is C23H25NO3. The van der Waals surface area contributed by atoms with Crippen LogP contribution in [0, 0.1) is 0 Å². The molecule has 4 rings (SSSR count). The van der Waals surface area contributed by atoms with Crippen LogP contribution in [0.5, 0.6) is 11.5 Å². The molecule has 2 atom stereocenters. The van der Waals surface area contributed by atoms with E-state index in [0.29, 0.717) is 6.42 Å². The Hall–Kier alpha value is -2.59. The summed E-state index contributed by atoms with van der Waals surface area (Å²) < 4.78 is 5.31. The lowest BCUT2D eigenvalue weighted by Crippen LogP contribution is -2.53. The maximum atomic E-state index is 13.2. The highest BCUT2D eigenvalue weighted by atomic mass is 16.5. The second kappa shape index (κ2) is 6.86. The summed E-state index contributed by atoms with van der Waals surface area (Å²) in [7, 11) is 3.74. The van der Waals surface area contributed by atoms with E-state index in [1.807, 2.05) is 48.5 Å². The number of phenolic OH excluding ortho intramolecular Hbond substituents is 1. The molecule has 2 bridgehead atoms. The van der Waals surface area contributed by atoms with Gasteiger partial charge < -0.3 is 9.84 Å². The maximum Gasteiger partial charge on any atom is 0.161 e. The molecule has 0 spiro atoms. The molecule has 1 aliphatic heterocycles. The Morgan fingerprint density at radius 2 is 2.04 bits per heavy atom. The second-order valence-corrected chi connectivity index (χ2v) is 7.76. The molecule has 4 heteroatoms. The summed E-state index contributed by atoms with van der Waals surface area (Å²) in [4.78, 5) is 15.5. The molecule has 0 amide bonds. The van der Waals surface area contributed by atoms with Gasteiger partial charge in [-0.15, -0.1) is 0 Å². The van der Waals surface area contributed by atoms with Crippen LogP contribution in [0.2, 0.25) is 0 Å². The first kappa shape index (κ1) is 17.8. The quantitative estimate of drug-likeness (QED) is 0.843. The SMILES string of the molecule is COc1cccc(/C=C2/C(=O)C[C@]3(c4cccc(O)c4)CCN(C)[C@@H]2C3)c1. The number of ether oxygens (including phenoxy) is 1. The minimum Gasteiger partial charge on any atom is -0.508 e. The summed E-state index contributed by atoms with van der Waals surface area (Å²) in [6, 6.07) is 15.3. The average molecular weight is 363 g/mol. The van der Waals surface area contributed by atoms with Gasteiger partial charge in [0.15, 0.2) is 5.78 Å². The van der Waals surface area contributed by atoms with Crippen LogP contribution in [0.3, 0.4) is 0 Å². The number of likely N-dealkylation sites (N-methyl/N-ethyl adjacent to an activating group) is 1. The summed E-state index contributed by atoms with van der Waals surface area (Å²) in [5.74, 6) is 1.25. The van der Waals surface area contributed by atoms with Gasteiger partial charge in [-0.25, -0.2) is 0 Å². The summed E-state index contributed by atoms with van der Waals surface area (Å²) in [6.07, 6.45) is 4.34. The molecule has 140 valence electrons. The number of methoxy groups -OCH3 is 1. The number of ketones is 1. The largest absolute Gasteiger partial charge is 0.508 e. The van der Waals surface area contributed by atoms with Gasteiger partial charge >= 0.3 is 0 Å². The topological polar surface area (TPSA) is 49.8 Å². The molecule has 2 fully saturated rings. The van der Waals surface area contributed by atoms with Gasteiger partial charge in [0.05, 0.1) is 7.11 Å². The van der Waals surface area contributed by atoms with E-state index in [1.54, 1.807) is 13.2 Å². The number of rotatable bonds is 3. The number of fused-ring (bicyclic) bond motifs is 2. The van der Waals surface area contributed by atoms with E-state index in [-0.39, 0.29) is 23.0 Å². The predicted octanol–water partition coefficient (Wildman–Crippen LogP) is 3.79. The van der Waals surface area contributed by atoms with Crippen LogP contribution in [-0.4, -0.2) is 42.5 Å². The lowest BCUT2D eigenvalue weighted by molar-refractivity contribution is -0.120. The van der Waals surface area contributed by atoms with E-state index in [1.165, 1.54) is 0 Å². The lowest BCUT2D eigenvalue weighted by atomic mass is 9.61. The molecule has 4 nitrogen and oxygen atoms in total. The zero-order chi connectivity index (χ0) is 19.0. The predicted molar refractivity (Wildman–Crippen MR) is 106 cm³/mol. The van der Waals surface area contributed by atoms with Crippen molar-refractivity contribution in [2.24, 2.45) is 0 Å². The van der Waals surface area contributed by atoms with Gasteiger partial charge in [-0.2, -0.15) is 0 Å². The smallest absolute Gasteiger partial charge is 0.161 e. The third-order valence-electron chi connectivity index (χ3n) is 6.11. The monoisotopic (exact) mass is 363 g/mol. The zero-order valence-corrected chi connectivity index (χ0v) is 15.8. The van der Waals surface area contributed by atoms with Crippen molar-refractivity contribution in [2.75, 3.05) is 20.7 Å². The Balaban J connectivity index is 1.72. The number of nitrogens with zero attached hydrogens (tertiary/aromatic N) is 1. The molecule has 1 heterocycles. The first-order valence-corrected chi connectivity index (χ1v) is 9.39. The normalized spacial score (nSPS) is 27.0. The van der Waals surface area contributed by atoms with Crippen LogP contribution in [0.1, 0.15) is 30.4 Å². The van der Waals surface area contributed by atoms with Crippen LogP contribution in [0.15, 0.2) is 54.1 Å². The fraction of sp³-hybridized carbons (Fsp3) is 0.348. The van der Waals surface area contributed by atoms with Gasteiger partial charge in [-0.1, -0.05) is 24.3 Å². The van der Waals surface area contributed by atoms with Crippen molar-refractivity contribution in [3.05, 3.63) is 65.2 Å². The Kier molecular flexibility index (Phi) is 4.52. The molecule has 27 heavy (non-hydrogen) atoms. The number of likely N-dealkylation sites (tertiary alicyclic amines) is 1. The van der Waals surface area contributed by atoms with E-state index in [0.717, 1.165) is 41.8 Å². The van der Waals surface area contributed by atoms with Crippen molar-refractivity contribution in [1.82, 2.24) is 4.90 Å². The van der Waals surface area contributed by atoms with Crippen molar-refractivity contribution in [3.8, 4) is 11.5 Å². The Morgan fingerprint density at radius 3 is 2.81 bits per heavy atom. The van der Waals surface area contributed by atoms with Gasteiger partial charge in [-0.3, -0.25) is 9.69 Å². The minimum atomic E-state index is -0.182. The summed E-state index contributed by atoms with van der Waals surface area (Å²) in [5.41, 5.74) is 2.76. The standard InChI is InChI=1S/C23H25NO3/c1-24-10-9-23(17-6-4-7-18(25)13-17)14-21(24)20(22(26)15-23)12-16-5-3-8-19(11-16)27-2/h3-8,11-13,21,25H,9-10,14-15H2,1-2H3/b20-12+/t21-,23+/m1/s1. The molecule has 1 aliphatic carbocycles. The minimum absolute atomic E-state index is 0.0912. The van der Waals surface area contributed by atoms with Gasteiger partial charge in [0.1, 0.15) is 11.5 Å². The van der Waals surface area contributed by atoms with E-state index >= 15 is 0 Å². The van der Waals surface area contributed by atoms with Crippen molar-refractivity contribution in [3.63, 3.8) is 0 Å². The lowest BCUT2D eigenvalue weighted by Gasteiger charge is -2.50. The number of carbonyl (C=O) groups excluding carboxylic acids is 1. The fourth-order valence-electron chi connectivity index (χ4n) is 4.56.